The molecule has 0 spiro atoms. The van der Waals surface area contributed by atoms with E-state index in [1.165, 1.54) is 59.1 Å². The Kier molecular flexibility index (Phi) is 7.25. The van der Waals surface area contributed by atoms with E-state index in [1.807, 2.05) is 0 Å². The van der Waals surface area contributed by atoms with E-state index in [1.54, 1.807) is 11.1 Å². The fraction of sp³-hybridized carbons (Fsp3) is 0.444. The molecule has 0 bridgehead atoms. The number of fused-ring (bicyclic) bond motifs is 1. The van der Waals surface area contributed by atoms with Gasteiger partial charge in [0.1, 0.15) is 0 Å². The maximum Gasteiger partial charge on any atom is -0.00274 e. The van der Waals surface area contributed by atoms with Gasteiger partial charge in [-0.15, -0.1) is 0 Å². The summed E-state index contributed by atoms with van der Waals surface area (Å²) in [6.45, 7) is 13.8. The minimum atomic E-state index is 0.507. The van der Waals surface area contributed by atoms with Crippen LogP contribution in [0.25, 0.3) is 0 Å². The minimum Gasteiger partial charge on any atom is -0.0804 e. The normalized spacial score (nSPS) is 24.5. The molecule has 1 fully saturated rings. The summed E-state index contributed by atoms with van der Waals surface area (Å²) in [4.78, 5) is 0. The Morgan fingerprint density at radius 2 is 1.44 bits per heavy atom. The van der Waals surface area contributed by atoms with Crippen LogP contribution in [0, 0.1) is 38.5 Å². The quantitative estimate of drug-likeness (QED) is 0.310. The van der Waals surface area contributed by atoms with Gasteiger partial charge < -0.3 is 0 Å². The van der Waals surface area contributed by atoms with Crippen LogP contribution in [0.3, 0.4) is 0 Å². The fourth-order valence-corrected chi connectivity index (χ4v) is 7.17. The van der Waals surface area contributed by atoms with Crippen molar-refractivity contribution in [1.29, 1.82) is 0 Å². The van der Waals surface area contributed by atoms with Crippen LogP contribution in [0.2, 0.25) is 0 Å². The summed E-state index contributed by atoms with van der Waals surface area (Å²) in [6, 6.07) is 26.0. The summed E-state index contributed by atoms with van der Waals surface area (Å²) in [5, 5.41) is 0. The number of allylic oxidation sites excluding steroid dienone is 2. The van der Waals surface area contributed by atoms with Gasteiger partial charge in [0.05, 0.1) is 0 Å². The maximum absolute atomic E-state index is 2.76. The zero-order chi connectivity index (χ0) is 25.4. The van der Waals surface area contributed by atoms with Crippen molar-refractivity contribution in [1.82, 2.24) is 0 Å². The molecule has 3 aromatic rings. The highest BCUT2D eigenvalue weighted by Crippen LogP contribution is 2.55. The van der Waals surface area contributed by atoms with Gasteiger partial charge in [0, 0.05) is 0 Å². The van der Waals surface area contributed by atoms with E-state index >= 15 is 0 Å². The molecule has 1 saturated carbocycles. The molecular formula is C36H44. The first-order valence-electron chi connectivity index (χ1n) is 14.3. The fourth-order valence-electron chi connectivity index (χ4n) is 7.17. The monoisotopic (exact) mass is 476 g/mol. The standard InChI is InChI=1S/C36H44/c1-23(2)33-21-30(19-14-26(33)5)27(6)34-22-35-31(20-28-15-10-24(3)11-16-28)8-7-9-32(35)36(34)29-17-12-25(4)13-18-29/h10-19,21-23,27,31-32,34,36H,7-9,20H2,1-6H3. The molecule has 5 atom stereocenters. The van der Waals surface area contributed by atoms with Crippen molar-refractivity contribution in [3.63, 3.8) is 0 Å². The summed E-state index contributed by atoms with van der Waals surface area (Å²) < 4.78 is 0. The molecule has 0 radical (unpaired) electrons. The molecular weight excluding hydrogens is 432 g/mol. The molecule has 5 unspecified atom stereocenters. The molecule has 2 aliphatic carbocycles. The first kappa shape index (κ1) is 25.1. The van der Waals surface area contributed by atoms with E-state index < -0.39 is 0 Å². The summed E-state index contributed by atoms with van der Waals surface area (Å²) >= 11 is 0. The van der Waals surface area contributed by atoms with E-state index in [0.717, 1.165) is 0 Å². The van der Waals surface area contributed by atoms with Gasteiger partial charge in [-0.05, 0) is 103 Å². The molecule has 36 heavy (non-hydrogen) atoms. The predicted molar refractivity (Wildman–Crippen MR) is 155 cm³/mol. The lowest BCUT2D eigenvalue weighted by molar-refractivity contribution is 0.309. The van der Waals surface area contributed by atoms with Crippen molar-refractivity contribution in [2.45, 2.75) is 85.0 Å². The van der Waals surface area contributed by atoms with Crippen LogP contribution in [0.15, 0.2) is 78.4 Å². The Labute approximate surface area is 219 Å². The molecule has 2 aliphatic rings. The van der Waals surface area contributed by atoms with Crippen LogP contribution in [-0.4, -0.2) is 0 Å². The first-order chi connectivity index (χ1) is 17.3. The molecule has 0 aromatic heterocycles. The van der Waals surface area contributed by atoms with Crippen molar-refractivity contribution < 1.29 is 0 Å². The zero-order valence-corrected chi connectivity index (χ0v) is 23.2. The second-order valence-corrected chi connectivity index (χ2v) is 12.2. The van der Waals surface area contributed by atoms with Crippen molar-refractivity contribution in [3.8, 4) is 0 Å². The highest BCUT2D eigenvalue weighted by atomic mass is 14.5. The lowest BCUT2D eigenvalue weighted by Gasteiger charge is -2.36. The number of rotatable bonds is 6. The topological polar surface area (TPSA) is 0 Å². The number of hydrogen-bond donors (Lipinski definition) is 0. The lowest BCUT2D eigenvalue weighted by atomic mass is 9.68. The Bertz CT molecular complexity index is 1210. The number of hydrogen-bond acceptors (Lipinski definition) is 0. The number of benzene rings is 3. The van der Waals surface area contributed by atoms with Gasteiger partial charge in [-0.2, -0.15) is 0 Å². The van der Waals surface area contributed by atoms with Crippen molar-refractivity contribution >= 4 is 0 Å². The minimum absolute atomic E-state index is 0.507. The highest BCUT2D eigenvalue weighted by Gasteiger charge is 2.44. The van der Waals surface area contributed by atoms with E-state index in [2.05, 4.69) is 114 Å². The second-order valence-electron chi connectivity index (χ2n) is 12.2. The molecule has 5 rings (SSSR count). The highest BCUT2D eigenvalue weighted by molar-refractivity contribution is 5.41. The molecule has 0 aliphatic heterocycles. The van der Waals surface area contributed by atoms with E-state index in [0.29, 0.717) is 35.5 Å². The van der Waals surface area contributed by atoms with E-state index in [9.17, 15) is 0 Å². The van der Waals surface area contributed by atoms with Gasteiger partial charge in [-0.3, -0.25) is 0 Å². The molecule has 0 amide bonds. The van der Waals surface area contributed by atoms with Gasteiger partial charge in [-0.1, -0.05) is 117 Å². The summed E-state index contributed by atoms with van der Waals surface area (Å²) in [5.41, 5.74) is 12.0. The SMILES string of the molecule is Cc1ccc(CC2CCCC3C2=CC(C(C)c2ccc(C)c(C(C)C)c2)C3c2ccc(C)cc2)cc1. The average Bonchev–Trinajstić information content (AvgIpc) is 3.26. The predicted octanol–water partition coefficient (Wildman–Crippen LogP) is 9.84. The van der Waals surface area contributed by atoms with Gasteiger partial charge in [0.2, 0.25) is 0 Å². The molecule has 3 aromatic carbocycles. The van der Waals surface area contributed by atoms with Crippen molar-refractivity contribution in [2.75, 3.05) is 0 Å². The Balaban J connectivity index is 1.52. The summed E-state index contributed by atoms with van der Waals surface area (Å²) in [6.07, 6.45) is 7.96. The second kappa shape index (κ2) is 10.4. The van der Waals surface area contributed by atoms with Crippen LogP contribution in [0.5, 0.6) is 0 Å². The van der Waals surface area contributed by atoms with Crippen LogP contribution >= 0.6 is 0 Å². The molecule has 0 heteroatoms. The summed E-state index contributed by atoms with van der Waals surface area (Å²) in [7, 11) is 0. The van der Waals surface area contributed by atoms with Gasteiger partial charge in [0.25, 0.3) is 0 Å². The zero-order valence-electron chi connectivity index (χ0n) is 23.2. The summed E-state index contributed by atoms with van der Waals surface area (Å²) in [5.74, 6) is 3.57. The van der Waals surface area contributed by atoms with Crippen LogP contribution in [0.1, 0.15) is 96.7 Å². The van der Waals surface area contributed by atoms with Crippen LogP contribution in [-0.2, 0) is 6.42 Å². The van der Waals surface area contributed by atoms with Gasteiger partial charge in [0.15, 0.2) is 0 Å². The van der Waals surface area contributed by atoms with Gasteiger partial charge >= 0.3 is 0 Å². The molecule has 0 heterocycles. The molecule has 188 valence electrons. The van der Waals surface area contributed by atoms with E-state index in [-0.39, 0.29) is 0 Å². The molecule has 0 saturated heterocycles. The van der Waals surface area contributed by atoms with Crippen molar-refractivity contribution in [2.24, 2.45) is 17.8 Å². The Morgan fingerprint density at radius 1 is 0.778 bits per heavy atom. The average molecular weight is 477 g/mol. The third kappa shape index (κ3) is 4.97. The van der Waals surface area contributed by atoms with Gasteiger partial charge in [-0.25, -0.2) is 0 Å². The maximum atomic E-state index is 2.76. The van der Waals surface area contributed by atoms with Crippen LogP contribution in [0.4, 0.5) is 0 Å². The third-order valence-corrected chi connectivity index (χ3v) is 9.29. The van der Waals surface area contributed by atoms with Crippen LogP contribution < -0.4 is 0 Å². The Morgan fingerprint density at radius 3 is 2.11 bits per heavy atom. The third-order valence-electron chi connectivity index (χ3n) is 9.29. The smallest absolute Gasteiger partial charge is 0.00274 e. The molecule has 0 N–H and O–H groups in total. The molecule has 0 nitrogen and oxygen atoms in total. The Hall–Kier alpha value is -2.60. The number of aryl methyl sites for hydroxylation is 3. The van der Waals surface area contributed by atoms with E-state index in [4.69, 9.17) is 0 Å². The van der Waals surface area contributed by atoms with Crippen molar-refractivity contribution in [3.05, 3.63) is 117 Å². The first-order valence-corrected chi connectivity index (χ1v) is 14.3. The lowest BCUT2D eigenvalue weighted by Crippen LogP contribution is -2.25. The largest absolute Gasteiger partial charge is 0.0804 e.